The molecule has 2 amide bonds. The fraction of sp³-hybridized carbons (Fsp3) is 0.385. The summed E-state index contributed by atoms with van der Waals surface area (Å²) in [6, 6.07) is 6.78. The summed E-state index contributed by atoms with van der Waals surface area (Å²) in [6.45, 7) is 3.61. The van der Waals surface area contributed by atoms with Crippen LogP contribution in [0.3, 0.4) is 0 Å². The van der Waals surface area contributed by atoms with Crippen molar-refractivity contribution in [1.82, 2.24) is 10.6 Å². The van der Waals surface area contributed by atoms with E-state index in [1.165, 1.54) is 0 Å². The van der Waals surface area contributed by atoms with Crippen LogP contribution in [0.1, 0.15) is 19.4 Å². The summed E-state index contributed by atoms with van der Waals surface area (Å²) in [5, 5.41) is 14.1. The van der Waals surface area contributed by atoms with E-state index in [0.29, 0.717) is 6.54 Å². The van der Waals surface area contributed by atoms with Crippen molar-refractivity contribution in [3.63, 3.8) is 0 Å². The number of carboxylic acid groups (broad SMARTS) is 1. The Morgan fingerprint density at radius 2 is 2.05 bits per heavy atom. The first-order valence-corrected chi connectivity index (χ1v) is 6.71. The van der Waals surface area contributed by atoms with E-state index >= 15 is 0 Å². The highest BCUT2D eigenvalue weighted by Crippen LogP contribution is 2.11. The molecule has 0 aromatic heterocycles. The molecule has 0 bridgehead atoms. The fourth-order valence-electron chi connectivity index (χ4n) is 1.43. The van der Waals surface area contributed by atoms with Crippen LogP contribution in [0.2, 0.25) is 0 Å². The van der Waals surface area contributed by atoms with E-state index < -0.39 is 17.9 Å². The van der Waals surface area contributed by atoms with Gasteiger partial charge in [0.1, 0.15) is 0 Å². The van der Waals surface area contributed by atoms with Crippen molar-refractivity contribution in [2.24, 2.45) is 5.92 Å². The molecule has 0 fully saturated rings. The van der Waals surface area contributed by atoms with Crippen molar-refractivity contribution in [2.75, 3.05) is 0 Å². The molecule has 0 saturated heterocycles. The van der Waals surface area contributed by atoms with Crippen molar-refractivity contribution in [3.05, 3.63) is 34.3 Å². The minimum Gasteiger partial charge on any atom is -0.481 e. The number of amides is 2. The summed E-state index contributed by atoms with van der Waals surface area (Å²) in [5.74, 6) is -1.56. The molecule has 0 radical (unpaired) electrons. The lowest BCUT2D eigenvalue weighted by molar-refractivity contribution is -0.141. The first-order chi connectivity index (χ1) is 8.90. The molecule has 5 nitrogen and oxygen atoms in total. The number of halogens is 1. The smallest absolute Gasteiger partial charge is 0.315 e. The van der Waals surface area contributed by atoms with Crippen LogP contribution in [0.5, 0.6) is 0 Å². The van der Waals surface area contributed by atoms with Crippen molar-refractivity contribution < 1.29 is 14.7 Å². The molecular weight excluding hydrogens is 312 g/mol. The molecule has 1 rings (SSSR count). The number of hydrogen-bond acceptors (Lipinski definition) is 2. The minimum atomic E-state index is -0.931. The lowest BCUT2D eigenvalue weighted by Crippen LogP contribution is -2.45. The molecule has 6 heteroatoms. The average Bonchev–Trinajstić information content (AvgIpc) is 2.35. The second kappa shape index (κ2) is 7.13. The molecule has 1 aromatic carbocycles. The molecule has 0 spiro atoms. The van der Waals surface area contributed by atoms with Gasteiger partial charge in [-0.15, -0.1) is 0 Å². The maximum Gasteiger partial charge on any atom is 0.315 e. The van der Waals surface area contributed by atoms with E-state index in [-0.39, 0.29) is 6.03 Å². The van der Waals surface area contributed by atoms with Gasteiger partial charge in [0.2, 0.25) is 0 Å². The summed E-state index contributed by atoms with van der Waals surface area (Å²) >= 11 is 3.35. The Morgan fingerprint density at radius 3 is 2.63 bits per heavy atom. The maximum absolute atomic E-state index is 11.6. The van der Waals surface area contributed by atoms with Crippen LogP contribution in [0.25, 0.3) is 0 Å². The van der Waals surface area contributed by atoms with Crippen LogP contribution in [-0.2, 0) is 11.3 Å². The summed E-state index contributed by atoms with van der Waals surface area (Å²) < 4.78 is 0.945. The van der Waals surface area contributed by atoms with Crippen LogP contribution < -0.4 is 10.6 Å². The van der Waals surface area contributed by atoms with E-state index in [0.717, 1.165) is 10.0 Å². The number of carbonyl (C=O) groups excluding carboxylic acids is 1. The maximum atomic E-state index is 11.6. The van der Waals surface area contributed by atoms with Gasteiger partial charge in [-0.05, 0) is 31.5 Å². The van der Waals surface area contributed by atoms with Gasteiger partial charge in [0.25, 0.3) is 0 Å². The zero-order chi connectivity index (χ0) is 14.4. The molecule has 1 aromatic rings. The topological polar surface area (TPSA) is 78.4 Å². The third-order valence-corrected chi connectivity index (χ3v) is 3.33. The Morgan fingerprint density at radius 1 is 1.37 bits per heavy atom. The lowest BCUT2D eigenvalue weighted by Gasteiger charge is -2.18. The molecule has 2 unspecified atom stereocenters. The Kier molecular flexibility index (Phi) is 5.82. The zero-order valence-electron chi connectivity index (χ0n) is 10.8. The zero-order valence-corrected chi connectivity index (χ0v) is 12.4. The van der Waals surface area contributed by atoms with Gasteiger partial charge >= 0.3 is 12.0 Å². The van der Waals surface area contributed by atoms with Crippen molar-refractivity contribution in [3.8, 4) is 0 Å². The van der Waals surface area contributed by atoms with Crippen LogP contribution in [0.15, 0.2) is 28.7 Å². The molecule has 104 valence electrons. The van der Waals surface area contributed by atoms with E-state index in [2.05, 4.69) is 26.6 Å². The molecule has 0 saturated carbocycles. The van der Waals surface area contributed by atoms with Gasteiger partial charge in [0, 0.05) is 17.1 Å². The first kappa shape index (κ1) is 15.5. The molecule has 0 heterocycles. The minimum absolute atomic E-state index is 0.374. The van der Waals surface area contributed by atoms with Gasteiger partial charge < -0.3 is 15.7 Å². The molecule has 0 aliphatic heterocycles. The Hall–Kier alpha value is -1.56. The van der Waals surface area contributed by atoms with Gasteiger partial charge in [-0.2, -0.15) is 0 Å². The quantitative estimate of drug-likeness (QED) is 0.776. The number of urea groups is 1. The number of nitrogens with one attached hydrogen (secondary N) is 2. The normalized spacial score (nSPS) is 13.4. The van der Waals surface area contributed by atoms with Gasteiger partial charge in [-0.3, -0.25) is 4.79 Å². The number of hydrogen-bond donors (Lipinski definition) is 3. The van der Waals surface area contributed by atoms with E-state index in [1.807, 2.05) is 24.3 Å². The first-order valence-electron chi connectivity index (χ1n) is 5.91. The summed E-state index contributed by atoms with van der Waals surface area (Å²) in [6.07, 6.45) is 0. The molecule has 0 aliphatic carbocycles. The monoisotopic (exact) mass is 328 g/mol. The number of carboxylic acids is 1. The summed E-state index contributed by atoms with van der Waals surface area (Å²) in [7, 11) is 0. The highest BCUT2D eigenvalue weighted by Gasteiger charge is 2.20. The Balaban J connectivity index is 2.42. The SMILES string of the molecule is CC(NC(=O)NCc1cccc(Br)c1)C(C)C(=O)O. The highest BCUT2D eigenvalue weighted by molar-refractivity contribution is 9.10. The van der Waals surface area contributed by atoms with Crippen LogP contribution >= 0.6 is 15.9 Å². The number of benzene rings is 1. The van der Waals surface area contributed by atoms with E-state index in [4.69, 9.17) is 5.11 Å². The van der Waals surface area contributed by atoms with Gasteiger partial charge in [-0.25, -0.2) is 4.79 Å². The van der Waals surface area contributed by atoms with Crippen molar-refractivity contribution in [2.45, 2.75) is 26.4 Å². The second-order valence-electron chi connectivity index (χ2n) is 4.37. The molecule has 0 aliphatic rings. The predicted molar refractivity (Wildman–Crippen MR) is 75.8 cm³/mol. The molecule has 19 heavy (non-hydrogen) atoms. The average molecular weight is 329 g/mol. The molecular formula is C13H17BrN2O3. The van der Waals surface area contributed by atoms with Crippen LogP contribution in [-0.4, -0.2) is 23.1 Å². The van der Waals surface area contributed by atoms with Crippen molar-refractivity contribution in [1.29, 1.82) is 0 Å². The second-order valence-corrected chi connectivity index (χ2v) is 5.29. The fourth-order valence-corrected chi connectivity index (χ4v) is 1.87. The third kappa shape index (κ3) is 5.30. The Bertz CT molecular complexity index is 465. The van der Waals surface area contributed by atoms with Crippen LogP contribution in [0, 0.1) is 5.92 Å². The molecule has 2 atom stereocenters. The van der Waals surface area contributed by atoms with Crippen molar-refractivity contribution >= 4 is 27.9 Å². The highest BCUT2D eigenvalue weighted by atomic mass is 79.9. The van der Waals surface area contributed by atoms with Gasteiger partial charge in [0.15, 0.2) is 0 Å². The summed E-state index contributed by atoms with van der Waals surface area (Å²) in [4.78, 5) is 22.4. The van der Waals surface area contributed by atoms with E-state index in [1.54, 1.807) is 13.8 Å². The predicted octanol–water partition coefficient (Wildman–Crippen LogP) is 2.36. The number of carbonyl (C=O) groups is 2. The largest absolute Gasteiger partial charge is 0.481 e. The van der Waals surface area contributed by atoms with Crippen LogP contribution in [0.4, 0.5) is 4.79 Å². The Labute approximate surface area is 120 Å². The lowest BCUT2D eigenvalue weighted by atomic mass is 10.0. The molecule has 3 N–H and O–H groups in total. The standard InChI is InChI=1S/C13H17BrN2O3/c1-8(12(17)18)9(2)16-13(19)15-7-10-4-3-5-11(14)6-10/h3-6,8-9H,7H2,1-2H3,(H,17,18)(H2,15,16,19). The van der Waals surface area contributed by atoms with E-state index in [9.17, 15) is 9.59 Å². The number of rotatable bonds is 5. The van der Waals surface area contributed by atoms with Gasteiger partial charge in [-0.1, -0.05) is 28.1 Å². The third-order valence-electron chi connectivity index (χ3n) is 2.84. The van der Waals surface area contributed by atoms with Gasteiger partial charge in [0.05, 0.1) is 5.92 Å². The number of aliphatic carboxylic acids is 1. The summed E-state index contributed by atoms with van der Waals surface area (Å²) in [5.41, 5.74) is 0.962.